The summed E-state index contributed by atoms with van der Waals surface area (Å²) in [4.78, 5) is 10.7. The first-order valence-corrected chi connectivity index (χ1v) is 19.7. The number of nitrogens with zero attached hydrogens (tertiary/aromatic N) is 2. The molecule has 0 radical (unpaired) electrons. The number of fused-ring (bicyclic) bond motifs is 6. The van der Waals surface area contributed by atoms with Crippen molar-refractivity contribution >= 4 is 32.3 Å². The van der Waals surface area contributed by atoms with E-state index in [0.717, 1.165) is 38.9 Å². The van der Waals surface area contributed by atoms with Crippen LogP contribution in [-0.2, 0) is 5.41 Å². The minimum Gasteiger partial charge on any atom is -0.228 e. The van der Waals surface area contributed by atoms with Gasteiger partial charge in [-0.2, -0.15) is 0 Å². The largest absolute Gasteiger partial charge is 0.228 e. The van der Waals surface area contributed by atoms with Gasteiger partial charge < -0.3 is 0 Å². The third kappa shape index (κ3) is 5.40. The Kier molecular flexibility index (Phi) is 7.55. The Morgan fingerprint density at radius 2 is 0.789 bits per heavy atom. The number of benzene rings is 9. The summed E-state index contributed by atoms with van der Waals surface area (Å²) in [6.45, 7) is 4.69. The first kappa shape index (κ1) is 33.2. The molecule has 1 aliphatic rings. The van der Waals surface area contributed by atoms with Crippen LogP contribution in [-0.4, -0.2) is 9.97 Å². The molecule has 2 nitrogen and oxygen atoms in total. The molecule has 0 saturated carbocycles. The number of hydrogen-bond acceptors (Lipinski definition) is 2. The van der Waals surface area contributed by atoms with Crippen molar-refractivity contribution in [2.45, 2.75) is 19.3 Å². The molecule has 0 spiro atoms. The lowest BCUT2D eigenvalue weighted by atomic mass is 9.81. The molecular weight excluding hydrogens is 689 g/mol. The van der Waals surface area contributed by atoms with Gasteiger partial charge in [0.05, 0.1) is 11.4 Å². The molecule has 0 saturated heterocycles. The van der Waals surface area contributed by atoms with E-state index in [1.165, 1.54) is 66.1 Å². The minimum absolute atomic E-state index is 0.0481. The van der Waals surface area contributed by atoms with E-state index in [1.807, 2.05) is 0 Å². The highest BCUT2D eigenvalue weighted by Gasteiger charge is 2.35. The predicted octanol–water partition coefficient (Wildman–Crippen LogP) is 14.6. The maximum Gasteiger partial charge on any atom is 0.161 e. The van der Waals surface area contributed by atoms with Gasteiger partial charge in [0.1, 0.15) is 0 Å². The molecule has 11 rings (SSSR count). The molecule has 268 valence electrons. The van der Waals surface area contributed by atoms with Gasteiger partial charge in [-0.3, -0.25) is 0 Å². The van der Waals surface area contributed by atoms with Crippen molar-refractivity contribution in [2.24, 2.45) is 0 Å². The highest BCUT2D eigenvalue weighted by molar-refractivity contribution is 6.06. The van der Waals surface area contributed by atoms with Gasteiger partial charge in [-0.1, -0.05) is 190 Å². The van der Waals surface area contributed by atoms with E-state index in [1.54, 1.807) is 0 Å². The second-order valence-corrected chi connectivity index (χ2v) is 15.7. The quantitative estimate of drug-likeness (QED) is 0.176. The molecule has 0 aliphatic heterocycles. The van der Waals surface area contributed by atoms with Crippen LogP contribution in [0.1, 0.15) is 25.0 Å². The maximum atomic E-state index is 5.38. The standard InChI is InChI=1S/C55H38N2/c1-55(2)50-27-10-9-24-45(50)46-29-28-38(33-51(46)55)37-18-11-19-39(32-37)42-30-31-48(44-23-8-7-22-43(42)44)53-34-52(47-25-12-16-35-14-3-5-20-40(35)47)56-54(57-53)49-26-13-17-36-15-4-6-21-41(36)49/h3-34H,1-2H3. The predicted molar refractivity (Wildman–Crippen MR) is 239 cm³/mol. The molecule has 9 aromatic carbocycles. The Bertz CT molecular complexity index is 3120. The third-order valence-corrected chi connectivity index (χ3v) is 12.1. The van der Waals surface area contributed by atoms with E-state index < -0.39 is 0 Å². The third-order valence-electron chi connectivity index (χ3n) is 12.1. The van der Waals surface area contributed by atoms with Gasteiger partial charge in [-0.05, 0) is 95.0 Å². The Hall–Kier alpha value is -7.16. The van der Waals surface area contributed by atoms with Gasteiger partial charge >= 0.3 is 0 Å². The summed E-state index contributed by atoms with van der Waals surface area (Å²) in [6, 6.07) is 70.2. The van der Waals surface area contributed by atoms with Crippen LogP contribution >= 0.6 is 0 Å². The Labute approximate surface area is 332 Å². The molecule has 1 aliphatic carbocycles. The molecule has 1 heterocycles. The van der Waals surface area contributed by atoms with Gasteiger partial charge in [0.25, 0.3) is 0 Å². The first-order chi connectivity index (χ1) is 28.0. The zero-order valence-corrected chi connectivity index (χ0v) is 31.9. The summed E-state index contributed by atoms with van der Waals surface area (Å²) in [5, 5.41) is 7.01. The van der Waals surface area contributed by atoms with Crippen LogP contribution in [0.3, 0.4) is 0 Å². The number of rotatable bonds is 5. The van der Waals surface area contributed by atoms with Crippen LogP contribution in [0.4, 0.5) is 0 Å². The zero-order valence-electron chi connectivity index (χ0n) is 31.9. The van der Waals surface area contributed by atoms with E-state index in [0.29, 0.717) is 5.82 Å². The molecule has 1 aromatic heterocycles. The Morgan fingerprint density at radius 1 is 0.316 bits per heavy atom. The molecule has 0 amide bonds. The fourth-order valence-corrected chi connectivity index (χ4v) is 9.24. The lowest BCUT2D eigenvalue weighted by Gasteiger charge is -2.22. The molecule has 57 heavy (non-hydrogen) atoms. The topological polar surface area (TPSA) is 25.8 Å². The smallest absolute Gasteiger partial charge is 0.161 e. The van der Waals surface area contributed by atoms with Crippen LogP contribution in [0.15, 0.2) is 194 Å². The van der Waals surface area contributed by atoms with Crippen LogP contribution < -0.4 is 0 Å². The van der Waals surface area contributed by atoms with E-state index in [-0.39, 0.29) is 5.41 Å². The molecule has 10 aromatic rings. The summed E-state index contributed by atoms with van der Waals surface area (Å²) in [6.07, 6.45) is 0. The van der Waals surface area contributed by atoms with Crippen LogP contribution in [0.25, 0.3) is 99.6 Å². The molecule has 0 N–H and O–H groups in total. The average molecular weight is 727 g/mol. The van der Waals surface area contributed by atoms with Gasteiger partial charge in [0.2, 0.25) is 0 Å². The fourth-order valence-electron chi connectivity index (χ4n) is 9.24. The van der Waals surface area contributed by atoms with Crippen molar-refractivity contribution in [3.63, 3.8) is 0 Å². The highest BCUT2D eigenvalue weighted by atomic mass is 14.9. The second-order valence-electron chi connectivity index (χ2n) is 15.7. The fraction of sp³-hybridized carbons (Fsp3) is 0.0545. The molecule has 0 bridgehead atoms. The molecular formula is C55H38N2. The van der Waals surface area contributed by atoms with E-state index in [2.05, 4.69) is 208 Å². The molecule has 0 fully saturated rings. The summed E-state index contributed by atoms with van der Waals surface area (Å²) >= 11 is 0. The van der Waals surface area contributed by atoms with Crippen molar-refractivity contribution < 1.29 is 0 Å². The second kappa shape index (κ2) is 13.0. The van der Waals surface area contributed by atoms with Gasteiger partial charge in [-0.25, -0.2) is 9.97 Å². The van der Waals surface area contributed by atoms with E-state index >= 15 is 0 Å². The van der Waals surface area contributed by atoms with E-state index in [4.69, 9.17) is 9.97 Å². The minimum atomic E-state index is -0.0481. The first-order valence-electron chi connectivity index (χ1n) is 19.7. The van der Waals surface area contributed by atoms with Crippen molar-refractivity contribution in [3.05, 3.63) is 205 Å². The SMILES string of the molecule is CC1(C)c2ccccc2-c2ccc(-c3cccc(-c4ccc(-c5cc(-c6cccc7ccccc67)nc(-c6cccc7ccccc67)n5)c5ccccc45)c3)cc21. The lowest BCUT2D eigenvalue weighted by Crippen LogP contribution is -2.14. The number of hydrogen-bond donors (Lipinski definition) is 0. The summed E-state index contributed by atoms with van der Waals surface area (Å²) < 4.78 is 0. The number of aromatic nitrogens is 2. The molecule has 0 atom stereocenters. The molecule has 0 unspecified atom stereocenters. The zero-order chi connectivity index (χ0) is 38.1. The van der Waals surface area contributed by atoms with Crippen molar-refractivity contribution in [1.29, 1.82) is 0 Å². The highest BCUT2D eigenvalue weighted by Crippen LogP contribution is 2.50. The van der Waals surface area contributed by atoms with Gasteiger partial charge in [0.15, 0.2) is 5.82 Å². The summed E-state index contributed by atoms with van der Waals surface area (Å²) in [7, 11) is 0. The van der Waals surface area contributed by atoms with Crippen molar-refractivity contribution in [3.8, 4) is 67.3 Å². The maximum absolute atomic E-state index is 5.38. The van der Waals surface area contributed by atoms with Gasteiger partial charge in [-0.15, -0.1) is 0 Å². The monoisotopic (exact) mass is 726 g/mol. The van der Waals surface area contributed by atoms with Crippen LogP contribution in [0.2, 0.25) is 0 Å². The normalized spacial score (nSPS) is 12.9. The Morgan fingerprint density at radius 3 is 1.54 bits per heavy atom. The van der Waals surface area contributed by atoms with Crippen molar-refractivity contribution in [2.75, 3.05) is 0 Å². The lowest BCUT2D eigenvalue weighted by molar-refractivity contribution is 0.660. The van der Waals surface area contributed by atoms with Gasteiger partial charge in [0, 0.05) is 22.1 Å². The van der Waals surface area contributed by atoms with Crippen LogP contribution in [0, 0.1) is 0 Å². The molecule has 2 heteroatoms. The summed E-state index contributed by atoms with van der Waals surface area (Å²) in [5.74, 6) is 0.716. The average Bonchev–Trinajstić information content (AvgIpc) is 3.50. The Balaban J connectivity index is 1.06. The van der Waals surface area contributed by atoms with Crippen LogP contribution in [0.5, 0.6) is 0 Å². The van der Waals surface area contributed by atoms with E-state index in [9.17, 15) is 0 Å². The van der Waals surface area contributed by atoms with Crippen molar-refractivity contribution in [1.82, 2.24) is 9.97 Å². The summed E-state index contributed by atoms with van der Waals surface area (Å²) in [5.41, 5.74) is 15.3.